The second kappa shape index (κ2) is 6.09. The highest BCUT2D eigenvalue weighted by Crippen LogP contribution is 2.37. The maximum absolute atomic E-state index is 6.50. The topological polar surface area (TPSA) is 34.1 Å². The Balaban J connectivity index is 2.20. The third-order valence-corrected chi connectivity index (χ3v) is 4.44. The van der Waals surface area contributed by atoms with Gasteiger partial charge in [0.15, 0.2) is 0 Å². The molecule has 0 unspecified atom stereocenters. The summed E-state index contributed by atoms with van der Waals surface area (Å²) in [5.74, 6) is 0.846. The maximum atomic E-state index is 6.50. The van der Waals surface area contributed by atoms with Gasteiger partial charge in [-0.05, 0) is 50.1 Å². The molecule has 23 heavy (non-hydrogen) atoms. The van der Waals surface area contributed by atoms with Crippen LogP contribution in [-0.2, 0) is 0 Å². The van der Waals surface area contributed by atoms with Crippen LogP contribution in [0, 0.1) is 20.8 Å². The van der Waals surface area contributed by atoms with E-state index in [1.54, 1.807) is 13.3 Å². The number of aryl methyl sites for hydroxylation is 2. The summed E-state index contributed by atoms with van der Waals surface area (Å²) in [6.07, 6.45) is 1.79. The molecule has 1 N–H and O–H groups in total. The molecular formula is C19H19ClN2O. The molecule has 1 heterocycles. The number of nitrogens with one attached hydrogen (secondary N) is 1. The molecule has 3 rings (SSSR count). The smallest absolute Gasteiger partial charge is 0.123 e. The number of rotatable bonds is 3. The predicted octanol–water partition coefficient (Wildman–Crippen LogP) is 5.57. The van der Waals surface area contributed by atoms with E-state index in [9.17, 15) is 0 Å². The average molecular weight is 327 g/mol. The number of nitrogens with zero attached hydrogens (tertiary/aromatic N) is 1. The van der Waals surface area contributed by atoms with Gasteiger partial charge in [-0.2, -0.15) is 0 Å². The molecule has 0 aliphatic rings. The number of fused-ring (bicyclic) bond motifs is 1. The van der Waals surface area contributed by atoms with Crippen LogP contribution in [0.1, 0.15) is 16.7 Å². The Bertz CT molecular complexity index is 890. The van der Waals surface area contributed by atoms with Crippen LogP contribution in [-0.4, -0.2) is 12.1 Å². The van der Waals surface area contributed by atoms with E-state index in [4.69, 9.17) is 16.3 Å². The molecule has 3 aromatic rings. The van der Waals surface area contributed by atoms with Crippen molar-refractivity contribution in [3.05, 3.63) is 58.2 Å². The average Bonchev–Trinajstić information content (AvgIpc) is 2.54. The van der Waals surface area contributed by atoms with Gasteiger partial charge < -0.3 is 10.1 Å². The van der Waals surface area contributed by atoms with Crippen LogP contribution in [0.2, 0.25) is 5.02 Å². The zero-order valence-electron chi connectivity index (χ0n) is 13.7. The molecule has 0 fully saturated rings. The van der Waals surface area contributed by atoms with E-state index < -0.39 is 0 Å². The van der Waals surface area contributed by atoms with Gasteiger partial charge in [-0.15, -0.1) is 0 Å². The van der Waals surface area contributed by atoms with E-state index in [1.807, 2.05) is 38.1 Å². The lowest BCUT2D eigenvalue weighted by atomic mass is 10.1. The molecule has 1 aromatic heterocycles. The van der Waals surface area contributed by atoms with Crippen LogP contribution in [0.25, 0.3) is 10.9 Å². The van der Waals surface area contributed by atoms with Gasteiger partial charge in [0.1, 0.15) is 5.75 Å². The van der Waals surface area contributed by atoms with Crippen LogP contribution < -0.4 is 10.1 Å². The predicted molar refractivity (Wildman–Crippen MR) is 97.2 cm³/mol. The number of ether oxygens (including phenoxy) is 1. The van der Waals surface area contributed by atoms with Crippen molar-refractivity contribution in [2.24, 2.45) is 0 Å². The molecule has 0 atom stereocenters. The summed E-state index contributed by atoms with van der Waals surface area (Å²) in [6.45, 7) is 6.14. The van der Waals surface area contributed by atoms with Crippen molar-refractivity contribution < 1.29 is 4.74 Å². The monoisotopic (exact) mass is 326 g/mol. The molecule has 4 heteroatoms. The van der Waals surface area contributed by atoms with Crippen molar-refractivity contribution in [1.29, 1.82) is 0 Å². The number of anilines is 2. The number of hydrogen-bond acceptors (Lipinski definition) is 3. The van der Waals surface area contributed by atoms with Crippen LogP contribution in [0.4, 0.5) is 11.4 Å². The van der Waals surface area contributed by atoms with Gasteiger partial charge in [0.05, 0.1) is 23.3 Å². The number of methoxy groups -OCH3 is 1. The molecule has 3 nitrogen and oxygen atoms in total. The Morgan fingerprint density at radius 2 is 1.83 bits per heavy atom. The van der Waals surface area contributed by atoms with Crippen molar-refractivity contribution in [2.75, 3.05) is 12.4 Å². The second-order valence-electron chi connectivity index (χ2n) is 5.66. The number of hydrogen-bond donors (Lipinski definition) is 1. The minimum Gasteiger partial charge on any atom is -0.496 e. The van der Waals surface area contributed by atoms with Crippen LogP contribution in [0.5, 0.6) is 5.75 Å². The first-order valence-electron chi connectivity index (χ1n) is 7.48. The molecule has 118 valence electrons. The van der Waals surface area contributed by atoms with Crippen molar-refractivity contribution >= 4 is 33.9 Å². The third-order valence-electron chi connectivity index (χ3n) is 4.14. The van der Waals surface area contributed by atoms with Gasteiger partial charge >= 0.3 is 0 Å². The van der Waals surface area contributed by atoms with Crippen molar-refractivity contribution in [3.8, 4) is 5.75 Å². The van der Waals surface area contributed by atoms with Crippen molar-refractivity contribution in [1.82, 2.24) is 4.98 Å². The van der Waals surface area contributed by atoms with E-state index in [0.717, 1.165) is 44.7 Å². The largest absolute Gasteiger partial charge is 0.496 e. The van der Waals surface area contributed by atoms with Gasteiger partial charge in [0, 0.05) is 22.8 Å². The zero-order valence-corrected chi connectivity index (χ0v) is 14.5. The fraction of sp³-hybridized carbons (Fsp3) is 0.211. The lowest BCUT2D eigenvalue weighted by Gasteiger charge is -2.18. The Kier molecular flexibility index (Phi) is 4.14. The fourth-order valence-corrected chi connectivity index (χ4v) is 3.16. The van der Waals surface area contributed by atoms with Crippen molar-refractivity contribution in [2.45, 2.75) is 20.8 Å². The van der Waals surface area contributed by atoms with Crippen LogP contribution in [0.15, 0.2) is 36.5 Å². The normalized spacial score (nSPS) is 10.8. The summed E-state index contributed by atoms with van der Waals surface area (Å²) < 4.78 is 5.43. The lowest BCUT2D eigenvalue weighted by Crippen LogP contribution is -2.01. The minimum atomic E-state index is 0.662. The Hall–Kier alpha value is -2.26. The van der Waals surface area contributed by atoms with E-state index >= 15 is 0 Å². The number of pyridine rings is 1. The summed E-state index contributed by atoms with van der Waals surface area (Å²) in [6, 6.07) is 9.98. The third kappa shape index (κ3) is 2.73. The molecular weight excluding hydrogens is 308 g/mol. The van der Waals surface area contributed by atoms with E-state index in [-0.39, 0.29) is 0 Å². The second-order valence-corrected chi connectivity index (χ2v) is 6.07. The van der Waals surface area contributed by atoms with E-state index in [2.05, 4.69) is 23.3 Å². The number of aromatic nitrogens is 1. The molecule has 0 saturated carbocycles. The molecule has 0 aliphatic heterocycles. The summed E-state index contributed by atoms with van der Waals surface area (Å²) in [4.78, 5) is 4.52. The first-order valence-corrected chi connectivity index (χ1v) is 7.85. The van der Waals surface area contributed by atoms with Gasteiger partial charge in [-0.1, -0.05) is 23.7 Å². The summed E-state index contributed by atoms with van der Waals surface area (Å²) >= 11 is 6.50. The highest BCUT2D eigenvalue weighted by atomic mass is 35.5. The molecule has 0 bridgehead atoms. The highest BCUT2D eigenvalue weighted by molar-refractivity contribution is 6.35. The first-order chi connectivity index (χ1) is 11.0. The van der Waals surface area contributed by atoms with E-state index in [1.165, 1.54) is 0 Å². The van der Waals surface area contributed by atoms with Crippen LogP contribution >= 0.6 is 11.6 Å². The zero-order chi connectivity index (χ0) is 16.6. The van der Waals surface area contributed by atoms with E-state index in [0.29, 0.717) is 5.02 Å². The Labute approximate surface area is 141 Å². The fourth-order valence-electron chi connectivity index (χ4n) is 2.86. The molecule has 0 aliphatic carbocycles. The molecule has 0 spiro atoms. The standard InChI is InChI=1S/C19H19ClN2O/c1-11-7-8-16(23-4)13(3)17(11)22-19-15(20)10-12(2)14-6-5-9-21-18(14)19/h5-10,22H,1-4H3. The maximum Gasteiger partial charge on any atom is 0.123 e. The first kappa shape index (κ1) is 15.6. The highest BCUT2D eigenvalue weighted by Gasteiger charge is 2.14. The minimum absolute atomic E-state index is 0.662. The molecule has 0 amide bonds. The summed E-state index contributed by atoms with van der Waals surface area (Å²) in [7, 11) is 1.68. The SMILES string of the molecule is COc1ccc(C)c(Nc2c(Cl)cc(C)c3cccnc23)c1C. The Morgan fingerprint density at radius 3 is 2.57 bits per heavy atom. The van der Waals surface area contributed by atoms with Gasteiger partial charge in [0.2, 0.25) is 0 Å². The molecule has 2 aromatic carbocycles. The molecule has 0 saturated heterocycles. The van der Waals surface area contributed by atoms with Gasteiger partial charge in [-0.25, -0.2) is 0 Å². The van der Waals surface area contributed by atoms with Crippen molar-refractivity contribution in [3.63, 3.8) is 0 Å². The van der Waals surface area contributed by atoms with Gasteiger partial charge in [0.25, 0.3) is 0 Å². The van der Waals surface area contributed by atoms with Gasteiger partial charge in [-0.3, -0.25) is 4.98 Å². The number of benzene rings is 2. The summed E-state index contributed by atoms with van der Waals surface area (Å²) in [5.41, 5.74) is 5.99. The van der Waals surface area contributed by atoms with Crippen LogP contribution in [0.3, 0.4) is 0 Å². The number of halogens is 1. The quantitative estimate of drug-likeness (QED) is 0.683. The Morgan fingerprint density at radius 1 is 1.04 bits per heavy atom. The summed E-state index contributed by atoms with van der Waals surface area (Å²) in [5, 5.41) is 5.24. The lowest BCUT2D eigenvalue weighted by molar-refractivity contribution is 0.412. The molecule has 0 radical (unpaired) electrons.